The van der Waals surface area contributed by atoms with Crippen LogP contribution in [-0.2, 0) is 9.53 Å². The molecule has 88 valence electrons. The number of amides is 1. The molecule has 2 atom stereocenters. The van der Waals surface area contributed by atoms with E-state index >= 15 is 0 Å². The Morgan fingerprint density at radius 2 is 2.33 bits per heavy atom. The average molecular weight is 280 g/mol. The van der Waals surface area contributed by atoms with Crippen LogP contribution in [0.3, 0.4) is 0 Å². The molecule has 1 heterocycles. The van der Waals surface area contributed by atoms with Gasteiger partial charge >= 0.3 is 0 Å². The molecule has 2 N–H and O–H groups in total. The van der Waals surface area contributed by atoms with Crippen molar-refractivity contribution in [3.63, 3.8) is 0 Å². The minimum absolute atomic E-state index is 0.130. The molecule has 0 radical (unpaired) electrons. The highest BCUT2D eigenvalue weighted by Crippen LogP contribution is 2.25. The highest BCUT2D eigenvalue weighted by molar-refractivity contribution is 9.10. The maximum absolute atomic E-state index is 11.6. The first-order valence-electron chi connectivity index (χ1n) is 5.07. The highest BCUT2D eigenvalue weighted by atomic mass is 79.9. The van der Waals surface area contributed by atoms with Gasteiger partial charge in [-0.3, -0.25) is 4.79 Å². The fourth-order valence-electron chi connectivity index (χ4n) is 1.45. The van der Waals surface area contributed by atoms with E-state index in [0.717, 1.165) is 0 Å². The van der Waals surface area contributed by atoms with Gasteiger partial charge in [-0.1, -0.05) is 15.9 Å². The minimum Gasteiger partial charge on any atom is -0.385 e. The summed E-state index contributed by atoms with van der Waals surface area (Å²) >= 11 is 3.26. The van der Waals surface area contributed by atoms with Gasteiger partial charge < -0.3 is 15.2 Å². The second-order valence-corrected chi connectivity index (χ2v) is 6.50. The molecule has 1 aliphatic rings. The van der Waals surface area contributed by atoms with Crippen LogP contribution in [-0.4, -0.2) is 40.2 Å². The standard InChI is InChI=1S/C10H18BrNO3/c1-7-10(14,4-5-15-7)6-12-8(13)9(2,3)11/h7,14H,4-6H2,1-3H3,(H,12,13). The van der Waals surface area contributed by atoms with Crippen molar-refractivity contribution >= 4 is 21.8 Å². The molecule has 1 aliphatic heterocycles. The number of alkyl halides is 1. The number of carbonyl (C=O) groups is 1. The Balaban J connectivity index is 2.47. The lowest BCUT2D eigenvalue weighted by atomic mass is 9.96. The van der Waals surface area contributed by atoms with Crippen LogP contribution < -0.4 is 5.32 Å². The van der Waals surface area contributed by atoms with Crippen LogP contribution in [0.4, 0.5) is 0 Å². The maximum atomic E-state index is 11.6. The van der Waals surface area contributed by atoms with E-state index in [0.29, 0.717) is 13.0 Å². The van der Waals surface area contributed by atoms with Crippen LogP contribution >= 0.6 is 15.9 Å². The van der Waals surface area contributed by atoms with Crippen molar-refractivity contribution < 1.29 is 14.6 Å². The van der Waals surface area contributed by atoms with E-state index in [2.05, 4.69) is 21.2 Å². The van der Waals surface area contributed by atoms with Crippen LogP contribution in [0.25, 0.3) is 0 Å². The molecule has 0 aliphatic carbocycles. The smallest absolute Gasteiger partial charge is 0.236 e. The molecule has 0 aromatic carbocycles. The summed E-state index contributed by atoms with van der Waals surface area (Å²) in [5.41, 5.74) is -0.923. The number of rotatable bonds is 3. The fraction of sp³-hybridized carbons (Fsp3) is 0.900. The van der Waals surface area contributed by atoms with Gasteiger partial charge in [0.25, 0.3) is 0 Å². The number of hydrogen-bond acceptors (Lipinski definition) is 3. The number of hydrogen-bond donors (Lipinski definition) is 2. The number of aliphatic hydroxyl groups is 1. The van der Waals surface area contributed by atoms with Crippen molar-refractivity contribution in [2.45, 2.75) is 43.2 Å². The summed E-state index contributed by atoms with van der Waals surface area (Å²) in [6, 6.07) is 0. The average Bonchev–Trinajstić information content (AvgIpc) is 2.42. The minimum atomic E-state index is -0.923. The summed E-state index contributed by atoms with van der Waals surface area (Å²) < 4.78 is 4.67. The zero-order valence-electron chi connectivity index (χ0n) is 9.34. The number of halogens is 1. The van der Waals surface area contributed by atoms with Crippen LogP contribution in [0.1, 0.15) is 27.2 Å². The van der Waals surface area contributed by atoms with Gasteiger partial charge in [-0.2, -0.15) is 0 Å². The van der Waals surface area contributed by atoms with Crippen molar-refractivity contribution in [3.8, 4) is 0 Å². The summed E-state index contributed by atoms with van der Waals surface area (Å²) in [4.78, 5) is 11.6. The lowest BCUT2D eigenvalue weighted by Crippen LogP contribution is -2.50. The van der Waals surface area contributed by atoms with E-state index in [-0.39, 0.29) is 18.6 Å². The van der Waals surface area contributed by atoms with Crippen LogP contribution in [0, 0.1) is 0 Å². The molecule has 0 bridgehead atoms. The zero-order valence-corrected chi connectivity index (χ0v) is 10.9. The summed E-state index contributed by atoms with van der Waals surface area (Å²) in [7, 11) is 0. The highest BCUT2D eigenvalue weighted by Gasteiger charge is 2.40. The summed E-state index contributed by atoms with van der Waals surface area (Å²) in [6.45, 7) is 6.13. The molecule has 1 rings (SSSR count). The molecule has 0 saturated carbocycles. The Bertz CT molecular complexity index is 252. The second-order valence-electron chi connectivity index (χ2n) is 4.52. The molecule has 0 aromatic rings. The van der Waals surface area contributed by atoms with Gasteiger partial charge in [0.2, 0.25) is 5.91 Å². The quantitative estimate of drug-likeness (QED) is 0.752. The van der Waals surface area contributed by atoms with Crippen LogP contribution in [0.5, 0.6) is 0 Å². The summed E-state index contributed by atoms with van der Waals surface area (Å²) in [6.07, 6.45) is 0.341. The summed E-state index contributed by atoms with van der Waals surface area (Å²) in [5, 5.41) is 12.8. The van der Waals surface area contributed by atoms with E-state index in [4.69, 9.17) is 4.74 Å². The first-order valence-corrected chi connectivity index (χ1v) is 5.86. The molecular formula is C10H18BrNO3. The predicted octanol–water partition coefficient (Wildman–Crippen LogP) is 0.816. The van der Waals surface area contributed by atoms with Gasteiger partial charge in [0.05, 0.1) is 10.4 Å². The first-order chi connectivity index (χ1) is 6.76. The van der Waals surface area contributed by atoms with Gasteiger partial charge in [-0.05, 0) is 20.8 Å². The maximum Gasteiger partial charge on any atom is 0.236 e. The molecule has 15 heavy (non-hydrogen) atoms. The molecule has 1 amide bonds. The SMILES string of the molecule is CC1OCCC1(O)CNC(=O)C(C)(C)Br. The lowest BCUT2D eigenvalue weighted by molar-refractivity contribution is -0.124. The lowest BCUT2D eigenvalue weighted by Gasteiger charge is -2.27. The van der Waals surface area contributed by atoms with E-state index in [1.807, 2.05) is 6.92 Å². The largest absolute Gasteiger partial charge is 0.385 e. The molecule has 0 aromatic heterocycles. The number of ether oxygens (including phenoxy) is 1. The zero-order chi connectivity index (χ0) is 11.7. The Hall–Kier alpha value is -0.130. The second kappa shape index (κ2) is 4.39. The van der Waals surface area contributed by atoms with E-state index in [1.54, 1.807) is 13.8 Å². The Labute approximate surface area is 98.5 Å². The van der Waals surface area contributed by atoms with Crippen LogP contribution in [0.15, 0.2) is 0 Å². The van der Waals surface area contributed by atoms with Gasteiger partial charge in [0.1, 0.15) is 5.60 Å². The van der Waals surface area contributed by atoms with E-state index in [1.165, 1.54) is 0 Å². The van der Waals surface area contributed by atoms with Gasteiger partial charge in [-0.25, -0.2) is 0 Å². The van der Waals surface area contributed by atoms with Gasteiger partial charge in [0, 0.05) is 19.6 Å². The molecule has 4 nitrogen and oxygen atoms in total. The molecule has 0 spiro atoms. The van der Waals surface area contributed by atoms with Crippen molar-refractivity contribution in [1.29, 1.82) is 0 Å². The number of carbonyl (C=O) groups excluding carboxylic acids is 1. The van der Waals surface area contributed by atoms with Gasteiger partial charge in [-0.15, -0.1) is 0 Å². The van der Waals surface area contributed by atoms with Crippen molar-refractivity contribution in [2.24, 2.45) is 0 Å². The fourth-order valence-corrected chi connectivity index (χ4v) is 1.59. The Morgan fingerprint density at radius 3 is 2.73 bits per heavy atom. The third-order valence-corrected chi connectivity index (χ3v) is 3.11. The van der Waals surface area contributed by atoms with Crippen molar-refractivity contribution in [3.05, 3.63) is 0 Å². The van der Waals surface area contributed by atoms with E-state index in [9.17, 15) is 9.90 Å². The topological polar surface area (TPSA) is 58.6 Å². The third-order valence-electron chi connectivity index (χ3n) is 2.75. The normalized spacial score (nSPS) is 31.7. The van der Waals surface area contributed by atoms with E-state index < -0.39 is 9.93 Å². The van der Waals surface area contributed by atoms with Crippen molar-refractivity contribution in [2.75, 3.05) is 13.2 Å². The Morgan fingerprint density at radius 1 is 1.73 bits per heavy atom. The predicted molar refractivity (Wildman–Crippen MR) is 61.0 cm³/mol. The molecule has 5 heteroatoms. The van der Waals surface area contributed by atoms with Gasteiger partial charge in [0.15, 0.2) is 0 Å². The Kier molecular flexibility index (Phi) is 3.79. The third kappa shape index (κ3) is 3.16. The first kappa shape index (κ1) is 12.9. The molecule has 1 saturated heterocycles. The molecule has 2 unspecified atom stereocenters. The monoisotopic (exact) mass is 279 g/mol. The van der Waals surface area contributed by atoms with Crippen molar-refractivity contribution in [1.82, 2.24) is 5.32 Å². The number of nitrogens with one attached hydrogen (secondary N) is 1. The molecular weight excluding hydrogens is 262 g/mol. The molecule has 1 fully saturated rings. The van der Waals surface area contributed by atoms with Crippen LogP contribution in [0.2, 0.25) is 0 Å². The summed E-state index contributed by atoms with van der Waals surface area (Å²) in [5.74, 6) is -0.130.